The predicted octanol–water partition coefficient (Wildman–Crippen LogP) is 2.21. The van der Waals surface area contributed by atoms with Gasteiger partial charge in [-0.05, 0) is 12.5 Å². The SMILES string of the molecule is C[C@H]1CN(C2COC2)CC[C@]1(F)c1cc(Cl)c[n+](C)c1F. The van der Waals surface area contributed by atoms with Gasteiger partial charge in [-0.2, -0.15) is 4.57 Å². The first-order chi connectivity index (χ1) is 9.91. The monoisotopic (exact) mass is 317 g/mol. The molecule has 116 valence electrons. The van der Waals surface area contributed by atoms with Crippen LogP contribution in [0.2, 0.25) is 5.02 Å². The van der Waals surface area contributed by atoms with E-state index in [1.807, 2.05) is 6.92 Å². The number of ether oxygens (including phenoxy) is 1. The zero-order valence-electron chi connectivity index (χ0n) is 12.3. The Kier molecular flexibility index (Phi) is 3.93. The second-order valence-corrected chi connectivity index (χ2v) is 6.61. The number of pyridine rings is 1. The van der Waals surface area contributed by atoms with Gasteiger partial charge in [-0.25, -0.2) is 4.39 Å². The molecule has 6 heteroatoms. The first kappa shape index (κ1) is 15.1. The predicted molar refractivity (Wildman–Crippen MR) is 75.3 cm³/mol. The fraction of sp³-hybridized carbons (Fsp3) is 0.667. The molecule has 0 aliphatic carbocycles. The molecule has 3 rings (SSSR count). The number of hydrogen-bond donors (Lipinski definition) is 0. The number of rotatable bonds is 2. The van der Waals surface area contributed by atoms with Gasteiger partial charge in [0.1, 0.15) is 17.7 Å². The normalized spacial score (nSPS) is 31.2. The van der Waals surface area contributed by atoms with Crippen molar-refractivity contribution in [1.29, 1.82) is 0 Å². The van der Waals surface area contributed by atoms with Crippen molar-refractivity contribution >= 4 is 11.6 Å². The summed E-state index contributed by atoms with van der Waals surface area (Å²) in [4.78, 5) is 2.24. The standard InChI is InChI=1S/C15H20ClF2N2O/c1-10-6-20(12-8-21-9-12)4-3-15(10,18)13-5-11(16)7-19(2)14(13)17/h5,7,10,12H,3-4,6,8-9H2,1-2H3/q+1/t10-,15+/m0/s1. The van der Waals surface area contributed by atoms with Crippen molar-refractivity contribution < 1.29 is 18.1 Å². The molecule has 2 fully saturated rings. The molecule has 0 unspecified atom stereocenters. The zero-order chi connectivity index (χ0) is 15.2. The minimum Gasteiger partial charge on any atom is -0.378 e. The lowest BCUT2D eigenvalue weighted by molar-refractivity contribution is -0.701. The van der Waals surface area contributed by atoms with E-state index >= 15 is 4.39 Å². The van der Waals surface area contributed by atoms with E-state index in [0.717, 1.165) is 0 Å². The third kappa shape index (κ3) is 2.56. The maximum atomic E-state index is 15.5. The third-order valence-corrected chi connectivity index (χ3v) is 4.97. The van der Waals surface area contributed by atoms with Gasteiger partial charge in [0.2, 0.25) is 0 Å². The highest BCUT2D eigenvalue weighted by atomic mass is 35.5. The molecule has 0 amide bonds. The summed E-state index contributed by atoms with van der Waals surface area (Å²) in [7, 11) is 1.54. The summed E-state index contributed by atoms with van der Waals surface area (Å²) in [6.07, 6.45) is 1.73. The van der Waals surface area contributed by atoms with Gasteiger partial charge in [-0.1, -0.05) is 18.5 Å². The average molecular weight is 318 g/mol. The summed E-state index contributed by atoms with van der Waals surface area (Å²) < 4.78 is 36.3. The molecule has 3 nitrogen and oxygen atoms in total. The first-order valence-electron chi connectivity index (χ1n) is 7.27. The van der Waals surface area contributed by atoms with Crippen LogP contribution in [0.1, 0.15) is 18.9 Å². The number of likely N-dealkylation sites (tertiary alicyclic amines) is 1. The zero-order valence-corrected chi connectivity index (χ0v) is 13.0. The van der Waals surface area contributed by atoms with Crippen LogP contribution in [-0.2, 0) is 17.5 Å². The van der Waals surface area contributed by atoms with Crippen LogP contribution in [0.5, 0.6) is 0 Å². The largest absolute Gasteiger partial charge is 0.378 e. The fourth-order valence-electron chi connectivity index (χ4n) is 3.26. The maximum absolute atomic E-state index is 15.5. The molecular formula is C15H20ClF2N2O+. The maximum Gasteiger partial charge on any atom is 0.365 e. The van der Waals surface area contributed by atoms with Crippen LogP contribution in [-0.4, -0.2) is 37.2 Å². The number of alkyl halides is 1. The molecule has 0 saturated carbocycles. The van der Waals surface area contributed by atoms with Crippen molar-refractivity contribution in [3.8, 4) is 0 Å². The van der Waals surface area contributed by atoms with Crippen molar-refractivity contribution in [1.82, 2.24) is 4.90 Å². The number of hydrogen-bond acceptors (Lipinski definition) is 2. The van der Waals surface area contributed by atoms with E-state index in [4.69, 9.17) is 16.3 Å². The summed E-state index contributed by atoms with van der Waals surface area (Å²) in [6, 6.07) is 1.81. The lowest BCUT2D eigenvalue weighted by Crippen LogP contribution is -2.56. The lowest BCUT2D eigenvalue weighted by Gasteiger charge is -2.46. The van der Waals surface area contributed by atoms with Crippen molar-refractivity contribution in [2.24, 2.45) is 13.0 Å². The Morgan fingerprint density at radius 3 is 2.76 bits per heavy atom. The summed E-state index contributed by atoms with van der Waals surface area (Å²) in [5.41, 5.74) is -1.59. The topological polar surface area (TPSA) is 16.4 Å². The van der Waals surface area contributed by atoms with E-state index in [2.05, 4.69) is 4.90 Å². The van der Waals surface area contributed by atoms with Gasteiger partial charge in [-0.15, -0.1) is 4.39 Å². The number of piperidine rings is 1. The van der Waals surface area contributed by atoms with E-state index in [9.17, 15) is 4.39 Å². The second kappa shape index (κ2) is 5.45. The molecule has 0 N–H and O–H groups in total. The molecule has 3 heterocycles. The van der Waals surface area contributed by atoms with Crippen LogP contribution in [0.3, 0.4) is 0 Å². The van der Waals surface area contributed by atoms with Gasteiger partial charge in [0, 0.05) is 19.0 Å². The fourth-order valence-corrected chi connectivity index (χ4v) is 3.52. The number of halogens is 3. The lowest BCUT2D eigenvalue weighted by atomic mass is 9.78. The van der Waals surface area contributed by atoms with Crippen molar-refractivity contribution in [2.45, 2.75) is 25.1 Å². The van der Waals surface area contributed by atoms with Crippen LogP contribution in [0.4, 0.5) is 8.78 Å². The molecule has 2 aliphatic rings. The smallest absolute Gasteiger partial charge is 0.365 e. The first-order valence-corrected chi connectivity index (χ1v) is 7.65. The van der Waals surface area contributed by atoms with Crippen LogP contribution in [0.15, 0.2) is 12.3 Å². The Balaban J connectivity index is 1.87. The van der Waals surface area contributed by atoms with Gasteiger partial charge >= 0.3 is 5.95 Å². The number of nitrogens with zero attached hydrogens (tertiary/aromatic N) is 2. The Morgan fingerprint density at radius 2 is 2.19 bits per heavy atom. The van der Waals surface area contributed by atoms with Gasteiger partial charge < -0.3 is 4.74 Å². The molecule has 0 spiro atoms. The van der Waals surface area contributed by atoms with Gasteiger partial charge in [0.05, 0.1) is 24.8 Å². The molecule has 2 saturated heterocycles. The summed E-state index contributed by atoms with van der Waals surface area (Å²) in [5.74, 6) is -0.839. The Morgan fingerprint density at radius 1 is 1.48 bits per heavy atom. The van der Waals surface area contributed by atoms with Crippen LogP contribution in [0.25, 0.3) is 0 Å². The number of aromatic nitrogens is 1. The Bertz CT molecular complexity index is 553. The van der Waals surface area contributed by atoms with E-state index in [0.29, 0.717) is 37.4 Å². The molecule has 0 radical (unpaired) electrons. The molecule has 2 aliphatic heterocycles. The van der Waals surface area contributed by atoms with Gasteiger partial charge in [0.25, 0.3) is 0 Å². The Labute approximate surface area is 128 Å². The molecular weight excluding hydrogens is 298 g/mol. The molecule has 0 aromatic carbocycles. The van der Waals surface area contributed by atoms with E-state index < -0.39 is 11.6 Å². The van der Waals surface area contributed by atoms with Gasteiger partial charge in [0.15, 0.2) is 6.20 Å². The van der Waals surface area contributed by atoms with Crippen LogP contribution >= 0.6 is 11.6 Å². The van der Waals surface area contributed by atoms with Crippen LogP contribution < -0.4 is 4.57 Å². The molecule has 1 aromatic heterocycles. The van der Waals surface area contributed by atoms with Crippen LogP contribution in [0, 0.1) is 11.9 Å². The van der Waals surface area contributed by atoms with Crippen molar-refractivity contribution in [2.75, 3.05) is 26.3 Å². The average Bonchev–Trinajstić information content (AvgIpc) is 2.36. The van der Waals surface area contributed by atoms with Crippen molar-refractivity contribution in [3.05, 3.63) is 28.8 Å². The van der Waals surface area contributed by atoms with E-state index in [1.165, 1.54) is 16.8 Å². The third-order valence-electron chi connectivity index (χ3n) is 4.77. The highest BCUT2D eigenvalue weighted by molar-refractivity contribution is 6.30. The molecule has 1 aromatic rings. The van der Waals surface area contributed by atoms with E-state index in [1.54, 1.807) is 7.05 Å². The summed E-state index contributed by atoms with van der Waals surface area (Å²) in [5, 5.41) is 0.355. The summed E-state index contributed by atoms with van der Waals surface area (Å²) in [6.45, 7) is 4.50. The van der Waals surface area contributed by atoms with Gasteiger partial charge in [-0.3, -0.25) is 4.90 Å². The number of aryl methyl sites for hydroxylation is 1. The molecule has 0 bridgehead atoms. The highest BCUT2D eigenvalue weighted by Crippen LogP contribution is 2.43. The molecule has 2 atom stereocenters. The molecule has 21 heavy (non-hydrogen) atoms. The second-order valence-electron chi connectivity index (χ2n) is 6.17. The highest BCUT2D eigenvalue weighted by Gasteiger charge is 2.48. The Hall–Kier alpha value is -0.780. The van der Waals surface area contributed by atoms with Crippen molar-refractivity contribution in [3.63, 3.8) is 0 Å². The minimum atomic E-state index is -1.67. The van der Waals surface area contributed by atoms with E-state index in [-0.39, 0.29) is 17.9 Å². The minimum absolute atomic E-state index is 0.0782. The quantitative estimate of drug-likeness (QED) is 0.614. The summed E-state index contributed by atoms with van der Waals surface area (Å²) >= 11 is 5.98.